The van der Waals surface area contributed by atoms with Gasteiger partial charge in [0.05, 0.1) is 11.9 Å². The summed E-state index contributed by atoms with van der Waals surface area (Å²) in [6.07, 6.45) is 2.13. The average Bonchev–Trinajstić information content (AvgIpc) is 2.75. The molecule has 0 spiro atoms. The second kappa shape index (κ2) is 12.9. The van der Waals surface area contributed by atoms with Crippen LogP contribution in [0.3, 0.4) is 0 Å². The van der Waals surface area contributed by atoms with E-state index >= 15 is 0 Å². The summed E-state index contributed by atoms with van der Waals surface area (Å²) in [5.74, 6) is -0.351. The van der Waals surface area contributed by atoms with Crippen LogP contribution in [0.4, 0.5) is 5.69 Å². The number of anilines is 1. The summed E-state index contributed by atoms with van der Waals surface area (Å²) >= 11 is 0. The van der Waals surface area contributed by atoms with Crippen molar-refractivity contribution in [1.29, 1.82) is 0 Å². The fraction of sp³-hybridized carbons (Fsp3) is 0.500. The van der Waals surface area contributed by atoms with Gasteiger partial charge in [0.2, 0.25) is 21.8 Å². The van der Waals surface area contributed by atoms with E-state index in [9.17, 15) is 18.0 Å². The van der Waals surface area contributed by atoms with Gasteiger partial charge in [0, 0.05) is 25.6 Å². The minimum atomic E-state index is -3.53. The first-order valence-electron chi connectivity index (χ1n) is 12.5. The normalized spacial score (nSPS) is 12.3. The van der Waals surface area contributed by atoms with Crippen molar-refractivity contribution in [2.45, 2.75) is 79.4 Å². The number of nitrogens with one attached hydrogen (secondary N) is 1. The minimum absolute atomic E-state index is 0.0380. The van der Waals surface area contributed by atoms with Crippen LogP contribution in [-0.2, 0) is 26.2 Å². The molecule has 0 bridgehead atoms. The highest BCUT2D eigenvalue weighted by Crippen LogP contribution is 2.22. The van der Waals surface area contributed by atoms with Crippen LogP contribution in [0.25, 0.3) is 0 Å². The largest absolute Gasteiger partial charge is 0.352 e. The molecule has 0 heterocycles. The van der Waals surface area contributed by atoms with E-state index < -0.39 is 16.1 Å². The van der Waals surface area contributed by atoms with Crippen molar-refractivity contribution >= 4 is 27.5 Å². The highest BCUT2D eigenvalue weighted by atomic mass is 32.2. The third-order valence-electron chi connectivity index (χ3n) is 5.94. The number of rotatable bonds is 12. The van der Waals surface area contributed by atoms with E-state index in [4.69, 9.17) is 0 Å². The van der Waals surface area contributed by atoms with Gasteiger partial charge < -0.3 is 10.2 Å². The number of carbonyl (C=O) groups is 2. The number of carbonyl (C=O) groups excluding carboxylic acids is 2. The Hall–Kier alpha value is -2.87. The molecule has 8 heteroatoms. The van der Waals surface area contributed by atoms with Crippen molar-refractivity contribution in [2.24, 2.45) is 0 Å². The molecule has 198 valence electrons. The third-order valence-corrected chi connectivity index (χ3v) is 7.13. The van der Waals surface area contributed by atoms with Crippen LogP contribution in [0.15, 0.2) is 42.5 Å². The number of nitrogens with zero attached hydrogens (tertiary/aromatic N) is 2. The SMILES string of the molecule is CCC(C(=O)NC(C)C)N(Cc1ccc(C)cc1)C(=O)CCCN(c1cc(C)cc(C)c1)S(C)(=O)=O. The molecule has 0 radical (unpaired) electrons. The monoisotopic (exact) mass is 515 g/mol. The zero-order valence-electron chi connectivity index (χ0n) is 22.7. The maximum atomic E-state index is 13.5. The van der Waals surface area contributed by atoms with Crippen LogP contribution in [-0.4, -0.2) is 50.0 Å². The molecule has 2 rings (SSSR count). The van der Waals surface area contributed by atoms with Crippen LogP contribution < -0.4 is 9.62 Å². The van der Waals surface area contributed by atoms with Crippen molar-refractivity contribution in [3.05, 3.63) is 64.7 Å². The van der Waals surface area contributed by atoms with Gasteiger partial charge in [-0.3, -0.25) is 13.9 Å². The number of benzene rings is 2. The van der Waals surface area contributed by atoms with Gasteiger partial charge in [0.1, 0.15) is 6.04 Å². The summed E-state index contributed by atoms with van der Waals surface area (Å²) in [6.45, 7) is 12.0. The lowest BCUT2D eigenvalue weighted by Gasteiger charge is -2.31. The van der Waals surface area contributed by atoms with E-state index in [2.05, 4.69) is 5.32 Å². The lowest BCUT2D eigenvalue weighted by Crippen LogP contribution is -2.50. The van der Waals surface area contributed by atoms with Gasteiger partial charge >= 0.3 is 0 Å². The molecule has 36 heavy (non-hydrogen) atoms. The maximum absolute atomic E-state index is 13.5. The Balaban J connectivity index is 2.23. The van der Waals surface area contributed by atoms with Gasteiger partial charge in [-0.15, -0.1) is 0 Å². The number of aryl methyl sites for hydroxylation is 3. The van der Waals surface area contributed by atoms with Crippen molar-refractivity contribution in [1.82, 2.24) is 10.2 Å². The highest BCUT2D eigenvalue weighted by molar-refractivity contribution is 7.92. The second-order valence-corrected chi connectivity index (χ2v) is 11.8. The number of hydrogen-bond donors (Lipinski definition) is 1. The van der Waals surface area contributed by atoms with E-state index in [0.717, 1.165) is 22.3 Å². The molecule has 7 nitrogen and oxygen atoms in total. The molecule has 1 N–H and O–H groups in total. The molecule has 2 aromatic rings. The van der Waals surface area contributed by atoms with E-state index in [-0.39, 0.29) is 30.8 Å². The summed E-state index contributed by atoms with van der Waals surface area (Å²) in [5.41, 5.74) is 4.61. The Kier molecular flexibility index (Phi) is 10.5. The van der Waals surface area contributed by atoms with E-state index in [0.29, 0.717) is 25.1 Å². The fourth-order valence-corrected chi connectivity index (χ4v) is 5.24. The molecule has 0 saturated carbocycles. The Bertz CT molecular complexity index is 1120. The van der Waals surface area contributed by atoms with Crippen molar-refractivity contribution < 1.29 is 18.0 Å². The zero-order chi connectivity index (χ0) is 27.0. The number of amides is 2. The molecule has 0 fully saturated rings. The topological polar surface area (TPSA) is 86.8 Å². The van der Waals surface area contributed by atoms with Crippen LogP contribution in [0.2, 0.25) is 0 Å². The summed E-state index contributed by atoms with van der Waals surface area (Å²) in [4.78, 5) is 28.0. The summed E-state index contributed by atoms with van der Waals surface area (Å²) < 4.78 is 26.5. The Morgan fingerprint density at radius 2 is 1.53 bits per heavy atom. The van der Waals surface area contributed by atoms with E-state index in [1.54, 1.807) is 4.90 Å². The first-order valence-corrected chi connectivity index (χ1v) is 14.4. The van der Waals surface area contributed by atoms with Gasteiger partial charge in [0.15, 0.2) is 0 Å². The van der Waals surface area contributed by atoms with Crippen molar-refractivity contribution in [3.8, 4) is 0 Å². The van der Waals surface area contributed by atoms with Crippen molar-refractivity contribution in [2.75, 3.05) is 17.1 Å². The van der Waals surface area contributed by atoms with Gasteiger partial charge in [-0.1, -0.05) is 42.8 Å². The maximum Gasteiger partial charge on any atom is 0.243 e. The van der Waals surface area contributed by atoms with Gasteiger partial charge in [0.25, 0.3) is 0 Å². The van der Waals surface area contributed by atoms with Crippen LogP contribution in [0.5, 0.6) is 0 Å². The quantitative estimate of drug-likeness (QED) is 0.451. The molecule has 0 aromatic heterocycles. The summed E-state index contributed by atoms with van der Waals surface area (Å²) in [6, 6.07) is 12.9. The molecule has 0 aliphatic heterocycles. The first-order chi connectivity index (χ1) is 16.8. The number of sulfonamides is 1. The molecule has 1 unspecified atom stereocenters. The molecule has 2 amide bonds. The molecule has 2 aromatic carbocycles. The van der Waals surface area contributed by atoms with Crippen molar-refractivity contribution in [3.63, 3.8) is 0 Å². The first kappa shape index (κ1) is 29.4. The van der Waals surface area contributed by atoms with Gasteiger partial charge in [-0.25, -0.2) is 8.42 Å². The van der Waals surface area contributed by atoms with E-state index in [1.165, 1.54) is 10.6 Å². The van der Waals surface area contributed by atoms with Crippen LogP contribution in [0, 0.1) is 20.8 Å². The van der Waals surface area contributed by atoms with Gasteiger partial charge in [-0.05, 0) is 76.3 Å². The lowest BCUT2D eigenvalue weighted by atomic mass is 10.1. The predicted molar refractivity (Wildman–Crippen MR) is 146 cm³/mol. The Labute approximate surface area is 216 Å². The standard InChI is InChI=1S/C28H41N3O4S/c1-8-26(28(33)29-20(2)3)30(19-24-13-11-21(4)12-14-24)27(32)10-9-15-31(36(7,34)35)25-17-22(5)16-23(6)18-25/h11-14,16-18,20,26H,8-10,15,19H2,1-7H3,(H,29,33). The molecular weight excluding hydrogens is 474 g/mol. The second-order valence-electron chi connectivity index (χ2n) is 9.88. The third kappa shape index (κ3) is 8.66. The van der Waals surface area contributed by atoms with Gasteiger partial charge in [-0.2, -0.15) is 0 Å². The molecule has 0 aliphatic carbocycles. The summed E-state index contributed by atoms with van der Waals surface area (Å²) in [5, 5.41) is 2.93. The molecular formula is C28H41N3O4S. The van der Waals surface area contributed by atoms with E-state index in [1.807, 2.05) is 84.0 Å². The Morgan fingerprint density at radius 3 is 2.03 bits per heavy atom. The van der Waals surface area contributed by atoms with Crippen LogP contribution in [0.1, 0.15) is 62.3 Å². The number of hydrogen-bond acceptors (Lipinski definition) is 4. The highest BCUT2D eigenvalue weighted by Gasteiger charge is 2.29. The average molecular weight is 516 g/mol. The molecule has 1 atom stereocenters. The fourth-order valence-electron chi connectivity index (χ4n) is 4.29. The Morgan fingerprint density at radius 1 is 0.944 bits per heavy atom. The smallest absolute Gasteiger partial charge is 0.243 e. The lowest BCUT2D eigenvalue weighted by molar-refractivity contribution is -0.141. The zero-order valence-corrected chi connectivity index (χ0v) is 23.5. The predicted octanol–water partition coefficient (Wildman–Crippen LogP) is 4.49. The molecule has 0 aliphatic rings. The molecule has 0 saturated heterocycles. The van der Waals surface area contributed by atoms with Crippen LogP contribution >= 0.6 is 0 Å². The minimum Gasteiger partial charge on any atom is -0.352 e. The summed E-state index contributed by atoms with van der Waals surface area (Å²) in [7, 11) is -3.53.